The van der Waals surface area contributed by atoms with E-state index in [1.165, 1.54) is 32.8 Å². The SMILES string of the molecule is COC(=O)C1CC2CCCCC2C(C)N1. The van der Waals surface area contributed by atoms with Crippen molar-refractivity contribution in [3.8, 4) is 0 Å². The van der Waals surface area contributed by atoms with Crippen LogP contribution in [0.1, 0.15) is 39.0 Å². The zero-order chi connectivity index (χ0) is 10.8. The fraction of sp³-hybridized carbons (Fsp3) is 0.917. The standard InChI is InChI=1S/C12H21NO2/c1-8-10-6-4-3-5-9(10)7-11(13-8)12(14)15-2/h8-11,13H,3-7H2,1-2H3. The summed E-state index contributed by atoms with van der Waals surface area (Å²) in [6.07, 6.45) is 6.29. The molecule has 1 N–H and O–H groups in total. The van der Waals surface area contributed by atoms with Gasteiger partial charge in [0.1, 0.15) is 6.04 Å². The lowest BCUT2D eigenvalue weighted by Crippen LogP contribution is -2.54. The largest absolute Gasteiger partial charge is 0.468 e. The Hall–Kier alpha value is -0.570. The highest BCUT2D eigenvalue weighted by Crippen LogP contribution is 2.38. The second-order valence-corrected chi connectivity index (χ2v) is 4.98. The molecule has 1 aliphatic heterocycles. The highest BCUT2D eigenvalue weighted by molar-refractivity contribution is 5.75. The van der Waals surface area contributed by atoms with Crippen LogP contribution < -0.4 is 5.32 Å². The number of esters is 1. The first kappa shape index (κ1) is 10.9. The van der Waals surface area contributed by atoms with E-state index in [1.54, 1.807) is 0 Å². The third-order valence-electron chi connectivity index (χ3n) is 4.10. The van der Waals surface area contributed by atoms with Gasteiger partial charge in [0, 0.05) is 6.04 Å². The van der Waals surface area contributed by atoms with Crippen LogP contribution in [0.2, 0.25) is 0 Å². The van der Waals surface area contributed by atoms with Gasteiger partial charge in [0.2, 0.25) is 0 Å². The number of carbonyl (C=O) groups is 1. The van der Waals surface area contributed by atoms with Crippen LogP contribution in [0.3, 0.4) is 0 Å². The molecule has 4 unspecified atom stereocenters. The molecule has 0 radical (unpaired) electrons. The van der Waals surface area contributed by atoms with Crippen molar-refractivity contribution >= 4 is 5.97 Å². The molecule has 2 fully saturated rings. The molecule has 2 aliphatic rings. The minimum Gasteiger partial charge on any atom is -0.468 e. The van der Waals surface area contributed by atoms with Crippen LogP contribution in [0, 0.1) is 11.8 Å². The number of hydrogen-bond acceptors (Lipinski definition) is 3. The number of rotatable bonds is 1. The molecule has 1 saturated heterocycles. The number of methoxy groups -OCH3 is 1. The maximum absolute atomic E-state index is 11.5. The Morgan fingerprint density at radius 1 is 1.33 bits per heavy atom. The summed E-state index contributed by atoms with van der Waals surface area (Å²) in [5.41, 5.74) is 0. The number of piperidine rings is 1. The topological polar surface area (TPSA) is 38.3 Å². The maximum Gasteiger partial charge on any atom is 0.322 e. The second-order valence-electron chi connectivity index (χ2n) is 4.98. The highest BCUT2D eigenvalue weighted by Gasteiger charge is 2.39. The van der Waals surface area contributed by atoms with Gasteiger partial charge in [-0.3, -0.25) is 4.79 Å². The van der Waals surface area contributed by atoms with E-state index in [0.717, 1.165) is 18.3 Å². The Bertz CT molecular complexity index is 242. The first-order chi connectivity index (χ1) is 7.22. The maximum atomic E-state index is 11.5. The lowest BCUT2D eigenvalue weighted by atomic mass is 9.70. The van der Waals surface area contributed by atoms with E-state index < -0.39 is 0 Å². The summed E-state index contributed by atoms with van der Waals surface area (Å²) < 4.78 is 4.82. The van der Waals surface area contributed by atoms with Crippen molar-refractivity contribution in [1.82, 2.24) is 5.32 Å². The van der Waals surface area contributed by atoms with Crippen molar-refractivity contribution in [2.75, 3.05) is 7.11 Å². The van der Waals surface area contributed by atoms with Crippen LogP contribution >= 0.6 is 0 Å². The van der Waals surface area contributed by atoms with Gasteiger partial charge in [-0.05, 0) is 31.6 Å². The van der Waals surface area contributed by atoms with Gasteiger partial charge in [0.25, 0.3) is 0 Å². The number of carbonyl (C=O) groups excluding carboxylic acids is 1. The molecule has 0 aromatic carbocycles. The van der Waals surface area contributed by atoms with Crippen molar-refractivity contribution in [3.63, 3.8) is 0 Å². The second kappa shape index (κ2) is 4.52. The number of fused-ring (bicyclic) bond motifs is 1. The zero-order valence-corrected chi connectivity index (χ0v) is 9.66. The van der Waals surface area contributed by atoms with Crippen molar-refractivity contribution < 1.29 is 9.53 Å². The lowest BCUT2D eigenvalue weighted by molar-refractivity contribution is -0.145. The van der Waals surface area contributed by atoms with E-state index in [-0.39, 0.29) is 12.0 Å². The Labute approximate surface area is 91.6 Å². The Morgan fingerprint density at radius 2 is 2.07 bits per heavy atom. The summed E-state index contributed by atoms with van der Waals surface area (Å²) in [5, 5.41) is 3.39. The third-order valence-corrected chi connectivity index (χ3v) is 4.10. The van der Waals surface area contributed by atoms with Crippen molar-refractivity contribution in [1.29, 1.82) is 0 Å². The molecule has 0 amide bonds. The van der Waals surface area contributed by atoms with E-state index >= 15 is 0 Å². The van der Waals surface area contributed by atoms with Crippen molar-refractivity contribution in [2.45, 2.75) is 51.1 Å². The minimum atomic E-state index is -0.0918. The van der Waals surface area contributed by atoms with E-state index in [2.05, 4.69) is 12.2 Å². The van der Waals surface area contributed by atoms with Crippen LogP contribution in [0.25, 0.3) is 0 Å². The molecular formula is C12H21NO2. The fourth-order valence-electron chi connectivity index (χ4n) is 3.31. The molecule has 3 heteroatoms. The number of nitrogens with one attached hydrogen (secondary N) is 1. The molecule has 1 heterocycles. The van der Waals surface area contributed by atoms with Gasteiger partial charge >= 0.3 is 5.97 Å². The molecule has 0 aromatic rings. The average molecular weight is 211 g/mol. The first-order valence-corrected chi connectivity index (χ1v) is 6.06. The summed E-state index contributed by atoms with van der Waals surface area (Å²) in [6.45, 7) is 2.21. The molecule has 0 aromatic heterocycles. The van der Waals surface area contributed by atoms with Gasteiger partial charge in [0.15, 0.2) is 0 Å². The average Bonchev–Trinajstić information content (AvgIpc) is 2.28. The van der Waals surface area contributed by atoms with Gasteiger partial charge in [-0.2, -0.15) is 0 Å². The Kier molecular flexibility index (Phi) is 3.29. The normalized spacial score (nSPS) is 40.7. The zero-order valence-electron chi connectivity index (χ0n) is 9.66. The van der Waals surface area contributed by atoms with E-state index in [4.69, 9.17) is 4.74 Å². The monoisotopic (exact) mass is 211 g/mol. The van der Waals surface area contributed by atoms with E-state index in [9.17, 15) is 4.79 Å². The van der Waals surface area contributed by atoms with Crippen molar-refractivity contribution in [2.24, 2.45) is 11.8 Å². The van der Waals surface area contributed by atoms with E-state index in [1.807, 2.05) is 0 Å². The quantitative estimate of drug-likeness (QED) is 0.671. The summed E-state index contributed by atoms with van der Waals surface area (Å²) in [5.74, 6) is 1.42. The predicted octanol–water partition coefficient (Wildman–Crippen LogP) is 1.72. The highest BCUT2D eigenvalue weighted by atomic mass is 16.5. The summed E-state index contributed by atoms with van der Waals surface area (Å²) in [7, 11) is 1.47. The molecular weight excluding hydrogens is 190 g/mol. The third kappa shape index (κ3) is 2.17. The van der Waals surface area contributed by atoms with Crippen LogP contribution in [-0.2, 0) is 9.53 Å². The van der Waals surface area contributed by atoms with Crippen LogP contribution in [-0.4, -0.2) is 25.2 Å². The first-order valence-electron chi connectivity index (χ1n) is 6.06. The molecule has 0 bridgehead atoms. The molecule has 3 nitrogen and oxygen atoms in total. The van der Waals surface area contributed by atoms with Crippen LogP contribution in [0.5, 0.6) is 0 Å². The molecule has 86 valence electrons. The molecule has 2 rings (SSSR count). The number of ether oxygens (including phenoxy) is 1. The smallest absolute Gasteiger partial charge is 0.322 e. The molecule has 4 atom stereocenters. The van der Waals surface area contributed by atoms with Gasteiger partial charge in [-0.25, -0.2) is 0 Å². The lowest BCUT2D eigenvalue weighted by Gasteiger charge is -2.43. The van der Waals surface area contributed by atoms with E-state index in [0.29, 0.717) is 6.04 Å². The molecule has 0 spiro atoms. The summed E-state index contributed by atoms with van der Waals surface area (Å²) >= 11 is 0. The molecule has 1 saturated carbocycles. The number of hydrogen-bond donors (Lipinski definition) is 1. The molecule has 1 aliphatic carbocycles. The Morgan fingerprint density at radius 3 is 2.80 bits per heavy atom. The van der Waals surface area contributed by atoms with Gasteiger partial charge in [0.05, 0.1) is 7.11 Å². The van der Waals surface area contributed by atoms with Crippen LogP contribution in [0.4, 0.5) is 0 Å². The van der Waals surface area contributed by atoms with Gasteiger partial charge in [-0.15, -0.1) is 0 Å². The summed E-state index contributed by atoms with van der Waals surface area (Å²) in [6, 6.07) is 0.400. The minimum absolute atomic E-state index is 0.0654. The summed E-state index contributed by atoms with van der Waals surface area (Å²) in [4.78, 5) is 11.5. The fourth-order valence-corrected chi connectivity index (χ4v) is 3.31. The van der Waals surface area contributed by atoms with Crippen LogP contribution in [0.15, 0.2) is 0 Å². The van der Waals surface area contributed by atoms with Gasteiger partial charge < -0.3 is 10.1 Å². The predicted molar refractivity (Wildman–Crippen MR) is 58.5 cm³/mol. The molecule has 15 heavy (non-hydrogen) atoms. The Balaban J connectivity index is 2.01. The van der Waals surface area contributed by atoms with Crippen molar-refractivity contribution in [3.05, 3.63) is 0 Å². The van der Waals surface area contributed by atoms with Gasteiger partial charge in [-0.1, -0.05) is 19.3 Å².